The van der Waals surface area contributed by atoms with Gasteiger partial charge in [0.1, 0.15) is 11.5 Å². The number of nitrogens with zero attached hydrogens (tertiary/aromatic N) is 1. The van der Waals surface area contributed by atoms with Gasteiger partial charge in [-0.3, -0.25) is 4.79 Å². The van der Waals surface area contributed by atoms with Gasteiger partial charge in [0.25, 0.3) is 5.91 Å². The fraction of sp³-hybridized carbons (Fsp3) is 0.222. The van der Waals surface area contributed by atoms with Crippen molar-refractivity contribution in [3.63, 3.8) is 0 Å². The molecule has 7 heteroatoms. The van der Waals surface area contributed by atoms with Crippen molar-refractivity contribution < 1.29 is 14.3 Å². The van der Waals surface area contributed by atoms with Crippen molar-refractivity contribution in [1.82, 2.24) is 5.43 Å². The second-order valence-corrected chi connectivity index (χ2v) is 6.44. The van der Waals surface area contributed by atoms with E-state index in [9.17, 15) is 4.79 Å². The molecule has 0 bridgehead atoms. The van der Waals surface area contributed by atoms with Crippen LogP contribution < -0.4 is 14.9 Å². The Labute approximate surface area is 160 Å². The Morgan fingerprint density at radius 1 is 1.32 bits per heavy atom. The molecule has 0 unspecified atom stereocenters. The number of carbonyl (C=O) groups is 1. The van der Waals surface area contributed by atoms with Crippen LogP contribution in [0.4, 0.5) is 0 Å². The third-order valence-corrected chi connectivity index (χ3v) is 5.03. The van der Waals surface area contributed by atoms with E-state index in [2.05, 4.69) is 26.5 Å². The third-order valence-electron chi connectivity index (χ3n) is 3.46. The number of rotatable bonds is 6. The fourth-order valence-corrected chi connectivity index (χ4v) is 2.82. The first-order valence-electron chi connectivity index (χ1n) is 7.47. The summed E-state index contributed by atoms with van der Waals surface area (Å²) in [6.07, 6.45) is 1.52. The van der Waals surface area contributed by atoms with Gasteiger partial charge in [0.2, 0.25) is 0 Å². The van der Waals surface area contributed by atoms with E-state index in [-0.39, 0.29) is 12.5 Å². The summed E-state index contributed by atoms with van der Waals surface area (Å²) in [5, 5.41) is 4.59. The monoisotopic (exact) mass is 424 g/mol. The maximum Gasteiger partial charge on any atom is 0.277 e. The van der Waals surface area contributed by atoms with Crippen molar-refractivity contribution in [2.24, 2.45) is 5.10 Å². The first-order chi connectivity index (χ1) is 11.9. The van der Waals surface area contributed by atoms with Gasteiger partial charge in [-0.25, -0.2) is 5.43 Å². The second kappa shape index (κ2) is 8.87. The van der Waals surface area contributed by atoms with Gasteiger partial charge in [-0.15, -0.1) is 0 Å². The van der Waals surface area contributed by atoms with Crippen LogP contribution in [0, 0.1) is 13.8 Å². The number of methoxy groups -OCH3 is 1. The van der Waals surface area contributed by atoms with Crippen LogP contribution >= 0.6 is 27.5 Å². The number of para-hydroxylation sites is 1. The van der Waals surface area contributed by atoms with E-state index in [4.69, 9.17) is 21.1 Å². The average Bonchev–Trinajstić information content (AvgIpc) is 2.62. The molecule has 2 rings (SSSR count). The first kappa shape index (κ1) is 19.3. The second-order valence-electron chi connectivity index (χ2n) is 5.27. The molecule has 0 aliphatic rings. The summed E-state index contributed by atoms with van der Waals surface area (Å²) >= 11 is 9.60. The number of hydrogen-bond acceptors (Lipinski definition) is 4. The molecule has 25 heavy (non-hydrogen) atoms. The summed E-state index contributed by atoms with van der Waals surface area (Å²) in [5.41, 5.74) is 4.93. The molecule has 132 valence electrons. The van der Waals surface area contributed by atoms with Gasteiger partial charge in [-0.2, -0.15) is 5.10 Å². The molecule has 0 saturated carbocycles. The number of ether oxygens (including phenoxy) is 2. The van der Waals surface area contributed by atoms with E-state index in [0.29, 0.717) is 16.5 Å². The predicted molar refractivity (Wildman–Crippen MR) is 103 cm³/mol. The number of hydrogen-bond donors (Lipinski definition) is 1. The Hall–Kier alpha value is -2.05. The minimum Gasteiger partial charge on any atom is -0.496 e. The van der Waals surface area contributed by atoms with Gasteiger partial charge in [-0.1, -0.05) is 23.7 Å². The minimum atomic E-state index is -0.372. The number of halogens is 2. The van der Waals surface area contributed by atoms with Gasteiger partial charge in [0.15, 0.2) is 6.61 Å². The molecule has 0 aliphatic carbocycles. The molecule has 0 atom stereocenters. The van der Waals surface area contributed by atoms with Crippen LogP contribution in [0.3, 0.4) is 0 Å². The lowest BCUT2D eigenvalue weighted by Gasteiger charge is -2.12. The maximum atomic E-state index is 11.9. The van der Waals surface area contributed by atoms with Crippen molar-refractivity contribution in [2.75, 3.05) is 13.7 Å². The molecule has 2 aromatic rings. The largest absolute Gasteiger partial charge is 0.496 e. The third kappa shape index (κ3) is 4.96. The Morgan fingerprint density at radius 2 is 2.04 bits per heavy atom. The van der Waals surface area contributed by atoms with Crippen LogP contribution in [0.5, 0.6) is 11.5 Å². The highest BCUT2D eigenvalue weighted by molar-refractivity contribution is 9.10. The molecule has 0 fully saturated rings. The topological polar surface area (TPSA) is 59.9 Å². The highest BCUT2D eigenvalue weighted by Gasteiger charge is 2.12. The van der Waals surface area contributed by atoms with Crippen LogP contribution in [-0.2, 0) is 4.79 Å². The standard InChI is InChI=1S/C18H18BrClN2O3/c1-11-8-15(17(19)12(2)18(11)20)25-10-16(23)22-21-9-13-6-4-5-7-14(13)24-3/h4-9H,10H2,1-3H3,(H,22,23)/b21-9+. The lowest BCUT2D eigenvalue weighted by Crippen LogP contribution is -2.24. The van der Waals surface area contributed by atoms with Gasteiger partial charge in [-0.05, 0) is 59.1 Å². The summed E-state index contributed by atoms with van der Waals surface area (Å²) in [6.45, 7) is 3.60. The first-order valence-corrected chi connectivity index (χ1v) is 8.64. The summed E-state index contributed by atoms with van der Waals surface area (Å²) in [5.74, 6) is 0.861. The summed E-state index contributed by atoms with van der Waals surface area (Å²) in [6, 6.07) is 9.15. The number of nitrogens with one attached hydrogen (secondary N) is 1. The number of carbonyl (C=O) groups excluding carboxylic acids is 1. The van der Waals surface area contributed by atoms with Crippen molar-refractivity contribution in [3.8, 4) is 11.5 Å². The highest BCUT2D eigenvalue weighted by atomic mass is 79.9. The van der Waals surface area contributed by atoms with Crippen molar-refractivity contribution in [3.05, 3.63) is 56.5 Å². The van der Waals surface area contributed by atoms with E-state index >= 15 is 0 Å². The summed E-state index contributed by atoms with van der Waals surface area (Å²) < 4.78 is 11.5. The molecular formula is C18H18BrClN2O3. The van der Waals surface area contributed by atoms with Crippen LogP contribution in [-0.4, -0.2) is 25.8 Å². The molecule has 0 aliphatic heterocycles. The smallest absolute Gasteiger partial charge is 0.277 e. The fourth-order valence-electron chi connectivity index (χ4n) is 2.13. The zero-order chi connectivity index (χ0) is 18.4. The lowest BCUT2D eigenvalue weighted by molar-refractivity contribution is -0.123. The van der Waals surface area contributed by atoms with Crippen molar-refractivity contribution in [2.45, 2.75) is 13.8 Å². The van der Waals surface area contributed by atoms with Crippen molar-refractivity contribution >= 4 is 39.7 Å². The van der Waals surface area contributed by atoms with Crippen LogP contribution in [0.2, 0.25) is 5.02 Å². The number of hydrazone groups is 1. The van der Waals surface area contributed by atoms with Gasteiger partial charge in [0.05, 0.1) is 17.8 Å². The molecule has 2 aromatic carbocycles. The van der Waals surface area contributed by atoms with E-state index in [1.807, 2.05) is 38.1 Å². The molecule has 1 N–H and O–H groups in total. The molecule has 0 saturated heterocycles. The molecule has 5 nitrogen and oxygen atoms in total. The Morgan fingerprint density at radius 3 is 2.76 bits per heavy atom. The Kier molecular flexibility index (Phi) is 6.84. The lowest BCUT2D eigenvalue weighted by atomic mass is 10.1. The van der Waals surface area contributed by atoms with E-state index in [1.165, 1.54) is 6.21 Å². The maximum absolute atomic E-state index is 11.9. The van der Waals surface area contributed by atoms with Crippen LogP contribution in [0.15, 0.2) is 39.9 Å². The van der Waals surface area contributed by atoms with E-state index in [0.717, 1.165) is 21.2 Å². The molecule has 0 spiro atoms. The molecular weight excluding hydrogens is 408 g/mol. The highest BCUT2D eigenvalue weighted by Crippen LogP contribution is 2.35. The van der Waals surface area contributed by atoms with Gasteiger partial charge in [0, 0.05) is 10.6 Å². The quantitative estimate of drug-likeness (QED) is 0.556. The molecule has 1 amide bonds. The van der Waals surface area contributed by atoms with Crippen LogP contribution in [0.1, 0.15) is 16.7 Å². The minimum absolute atomic E-state index is 0.164. The van der Waals surface area contributed by atoms with E-state index in [1.54, 1.807) is 13.2 Å². The molecule has 0 heterocycles. The summed E-state index contributed by atoms with van der Waals surface area (Å²) in [7, 11) is 1.58. The normalized spacial score (nSPS) is 10.8. The number of aryl methyl sites for hydroxylation is 1. The SMILES string of the molecule is COc1ccccc1/C=N/NC(=O)COc1cc(C)c(Cl)c(C)c1Br. The Bertz CT molecular complexity index is 809. The van der Waals surface area contributed by atoms with Gasteiger partial charge < -0.3 is 9.47 Å². The number of benzene rings is 2. The van der Waals surface area contributed by atoms with E-state index < -0.39 is 0 Å². The van der Waals surface area contributed by atoms with Crippen molar-refractivity contribution in [1.29, 1.82) is 0 Å². The zero-order valence-corrected chi connectivity index (χ0v) is 16.4. The Balaban J connectivity index is 1.94. The average molecular weight is 426 g/mol. The van der Waals surface area contributed by atoms with Gasteiger partial charge >= 0.3 is 0 Å². The summed E-state index contributed by atoms with van der Waals surface area (Å²) in [4.78, 5) is 11.9. The molecule has 0 aromatic heterocycles. The molecule has 0 radical (unpaired) electrons. The number of amides is 1. The zero-order valence-electron chi connectivity index (χ0n) is 14.1. The predicted octanol–water partition coefficient (Wildman–Crippen LogP) is 4.26. The van der Waals surface area contributed by atoms with Crippen LogP contribution in [0.25, 0.3) is 0 Å².